The van der Waals surface area contributed by atoms with Gasteiger partial charge in [-0.05, 0) is 70.2 Å². The first-order valence-electron chi connectivity index (χ1n) is 12.1. The highest BCUT2D eigenvalue weighted by Crippen LogP contribution is 2.28. The van der Waals surface area contributed by atoms with Gasteiger partial charge < -0.3 is 10.2 Å². The second kappa shape index (κ2) is 10.2. The maximum Gasteiger partial charge on any atom is 0.263 e. The number of aromatic nitrogens is 3. The van der Waals surface area contributed by atoms with Crippen molar-refractivity contribution in [3.05, 3.63) is 56.7 Å². The van der Waals surface area contributed by atoms with Crippen LogP contribution in [0.1, 0.15) is 49.4 Å². The fraction of sp³-hybridized carbons (Fsp3) is 0.462. The number of aryl methyl sites for hydroxylation is 3. The van der Waals surface area contributed by atoms with Crippen LogP contribution in [-0.4, -0.2) is 50.0 Å². The molecular formula is C26H32ClN5O3. The summed E-state index contributed by atoms with van der Waals surface area (Å²) in [4.78, 5) is 44.9. The molecule has 1 aromatic carbocycles. The second-order valence-electron chi connectivity index (χ2n) is 9.34. The van der Waals surface area contributed by atoms with Crippen molar-refractivity contribution in [3.8, 4) is 5.69 Å². The number of benzene rings is 1. The molecule has 8 nitrogen and oxygen atoms in total. The Kier molecular flexibility index (Phi) is 7.31. The molecule has 1 saturated heterocycles. The van der Waals surface area contributed by atoms with Crippen molar-refractivity contribution in [2.75, 3.05) is 13.1 Å². The van der Waals surface area contributed by atoms with Crippen LogP contribution in [0.15, 0.2) is 29.3 Å². The number of hydrogen-bond donors (Lipinski definition) is 1. The topological polar surface area (TPSA) is 89.2 Å². The van der Waals surface area contributed by atoms with Crippen LogP contribution < -0.4 is 10.9 Å². The van der Waals surface area contributed by atoms with Gasteiger partial charge in [0, 0.05) is 36.8 Å². The summed E-state index contributed by atoms with van der Waals surface area (Å²) in [5, 5.41) is 3.91. The molecule has 186 valence electrons. The Morgan fingerprint density at radius 3 is 2.57 bits per heavy atom. The molecule has 0 radical (unpaired) electrons. The predicted molar refractivity (Wildman–Crippen MR) is 137 cm³/mol. The maximum atomic E-state index is 13.3. The van der Waals surface area contributed by atoms with E-state index < -0.39 is 6.04 Å². The Balaban J connectivity index is 1.52. The minimum atomic E-state index is -0.585. The number of piperidine rings is 1. The van der Waals surface area contributed by atoms with Crippen LogP contribution in [0, 0.1) is 20.8 Å². The third kappa shape index (κ3) is 4.98. The fourth-order valence-corrected chi connectivity index (χ4v) is 4.92. The minimum Gasteiger partial charge on any atom is -0.345 e. The van der Waals surface area contributed by atoms with Gasteiger partial charge in [-0.25, -0.2) is 4.98 Å². The Morgan fingerprint density at radius 2 is 1.86 bits per heavy atom. The van der Waals surface area contributed by atoms with Gasteiger partial charge in [-0.3, -0.25) is 23.5 Å². The molecule has 2 amide bonds. The lowest BCUT2D eigenvalue weighted by Gasteiger charge is -2.29. The maximum absolute atomic E-state index is 13.3. The molecule has 4 rings (SSSR count). The van der Waals surface area contributed by atoms with Gasteiger partial charge in [0.15, 0.2) is 5.65 Å². The standard InChI is InChI=1S/C26H32ClN5O3/c1-16-8-9-20(27)14-21(16)32-19(4)17(2)23-24(32)28-15-31(26(23)35)13-10-22(33)29-18(3)25(34)30-11-6-5-7-12-30/h8-9,14-15,18H,5-7,10-13H2,1-4H3,(H,29,33). The summed E-state index contributed by atoms with van der Waals surface area (Å²) >= 11 is 6.24. The molecule has 2 aromatic heterocycles. The van der Waals surface area contributed by atoms with Crippen LogP contribution in [0.5, 0.6) is 0 Å². The van der Waals surface area contributed by atoms with E-state index in [1.807, 2.05) is 48.4 Å². The Morgan fingerprint density at radius 1 is 1.14 bits per heavy atom. The highest BCUT2D eigenvalue weighted by molar-refractivity contribution is 6.30. The van der Waals surface area contributed by atoms with E-state index in [0.717, 1.165) is 54.9 Å². The molecule has 1 unspecified atom stereocenters. The van der Waals surface area contributed by atoms with Crippen molar-refractivity contribution >= 4 is 34.4 Å². The van der Waals surface area contributed by atoms with Gasteiger partial charge in [0.2, 0.25) is 11.8 Å². The van der Waals surface area contributed by atoms with Crippen molar-refractivity contribution in [2.45, 2.75) is 66.0 Å². The highest BCUT2D eigenvalue weighted by atomic mass is 35.5. The Hall–Kier alpha value is -3.13. The van der Waals surface area contributed by atoms with Crippen molar-refractivity contribution in [1.82, 2.24) is 24.3 Å². The molecule has 9 heteroatoms. The lowest BCUT2D eigenvalue weighted by atomic mass is 10.1. The van der Waals surface area contributed by atoms with E-state index >= 15 is 0 Å². The molecule has 0 aliphatic carbocycles. The second-order valence-corrected chi connectivity index (χ2v) is 9.78. The molecule has 3 heterocycles. The van der Waals surface area contributed by atoms with Gasteiger partial charge in [0.25, 0.3) is 5.56 Å². The van der Waals surface area contributed by atoms with Gasteiger partial charge in [-0.1, -0.05) is 17.7 Å². The number of amides is 2. The summed E-state index contributed by atoms with van der Waals surface area (Å²) in [7, 11) is 0. The van der Waals surface area contributed by atoms with Gasteiger partial charge in [-0.15, -0.1) is 0 Å². The number of nitrogens with one attached hydrogen (secondary N) is 1. The number of carbonyl (C=O) groups excluding carboxylic acids is 2. The number of halogens is 1. The van der Waals surface area contributed by atoms with Crippen molar-refractivity contribution < 1.29 is 9.59 Å². The van der Waals surface area contributed by atoms with Crippen molar-refractivity contribution in [3.63, 3.8) is 0 Å². The first-order chi connectivity index (χ1) is 16.7. The lowest BCUT2D eigenvalue weighted by Crippen LogP contribution is -2.48. The molecule has 35 heavy (non-hydrogen) atoms. The van der Waals surface area contributed by atoms with E-state index in [2.05, 4.69) is 10.3 Å². The smallest absolute Gasteiger partial charge is 0.263 e. The molecule has 0 bridgehead atoms. The largest absolute Gasteiger partial charge is 0.345 e. The van der Waals surface area contributed by atoms with Crippen molar-refractivity contribution in [2.24, 2.45) is 0 Å². The molecule has 1 N–H and O–H groups in total. The SMILES string of the molecule is Cc1ccc(Cl)cc1-n1c(C)c(C)c2c(=O)n(CCC(=O)NC(C)C(=O)N3CCCCC3)cnc21. The van der Waals surface area contributed by atoms with Crippen LogP contribution in [0.3, 0.4) is 0 Å². The van der Waals surface area contributed by atoms with Gasteiger partial charge in [0.1, 0.15) is 6.04 Å². The van der Waals surface area contributed by atoms with E-state index in [4.69, 9.17) is 11.6 Å². The summed E-state index contributed by atoms with van der Waals surface area (Å²) in [5.41, 5.74) is 4.03. The molecule has 1 atom stereocenters. The molecule has 0 spiro atoms. The molecule has 3 aromatic rings. The van der Waals surface area contributed by atoms with E-state index in [-0.39, 0.29) is 30.3 Å². The summed E-state index contributed by atoms with van der Waals surface area (Å²) < 4.78 is 3.42. The number of likely N-dealkylation sites (tertiary alicyclic amines) is 1. The predicted octanol–water partition coefficient (Wildman–Crippen LogP) is 3.67. The van der Waals surface area contributed by atoms with Gasteiger partial charge in [0.05, 0.1) is 17.4 Å². The molecule has 1 aliphatic heterocycles. The van der Waals surface area contributed by atoms with E-state index in [0.29, 0.717) is 16.1 Å². The van der Waals surface area contributed by atoms with E-state index in [1.54, 1.807) is 6.92 Å². The van der Waals surface area contributed by atoms with Gasteiger partial charge in [-0.2, -0.15) is 0 Å². The first-order valence-corrected chi connectivity index (χ1v) is 12.5. The molecular weight excluding hydrogens is 466 g/mol. The monoisotopic (exact) mass is 497 g/mol. The quantitative estimate of drug-likeness (QED) is 0.562. The Labute approximate surface area is 209 Å². The lowest BCUT2D eigenvalue weighted by molar-refractivity contribution is -0.136. The van der Waals surface area contributed by atoms with E-state index in [9.17, 15) is 14.4 Å². The fourth-order valence-electron chi connectivity index (χ4n) is 4.75. The number of nitrogens with zero attached hydrogens (tertiary/aromatic N) is 4. The summed E-state index contributed by atoms with van der Waals surface area (Å²) in [6.07, 6.45) is 4.70. The zero-order valence-electron chi connectivity index (χ0n) is 20.7. The average Bonchev–Trinajstić information content (AvgIpc) is 3.10. The summed E-state index contributed by atoms with van der Waals surface area (Å²) in [6.45, 7) is 9.22. The highest BCUT2D eigenvalue weighted by Gasteiger charge is 2.24. The zero-order valence-corrected chi connectivity index (χ0v) is 21.5. The minimum absolute atomic E-state index is 0.0537. The zero-order chi connectivity index (χ0) is 25.3. The molecule has 1 fully saturated rings. The average molecular weight is 498 g/mol. The van der Waals surface area contributed by atoms with Gasteiger partial charge >= 0.3 is 0 Å². The van der Waals surface area contributed by atoms with Crippen molar-refractivity contribution in [1.29, 1.82) is 0 Å². The van der Waals surface area contributed by atoms with E-state index in [1.165, 1.54) is 10.9 Å². The number of fused-ring (bicyclic) bond motifs is 1. The normalized spacial score (nSPS) is 14.8. The van der Waals surface area contributed by atoms with Crippen LogP contribution in [0.2, 0.25) is 5.02 Å². The Bertz CT molecular complexity index is 1340. The number of rotatable bonds is 6. The third-order valence-corrected chi connectivity index (χ3v) is 7.13. The molecule has 1 aliphatic rings. The summed E-state index contributed by atoms with van der Waals surface area (Å²) in [6, 6.07) is 5.06. The van der Waals surface area contributed by atoms with Crippen LogP contribution in [0.25, 0.3) is 16.7 Å². The van der Waals surface area contributed by atoms with Crippen LogP contribution in [0.4, 0.5) is 0 Å². The first kappa shape index (κ1) is 25.0. The third-order valence-electron chi connectivity index (χ3n) is 6.89. The molecule has 0 saturated carbocycles. The van der Waals surface area contributed by atoms with Crippen LogP contribution >= 0.6 is 11.6 Å². The summed E-state index contributed by atoms with van der Waals surface area (Å²) in [5.74, 6) is -0.322. The number of hydrogen-bond acceptors (Lipinski definition) is 4. The van der Waals surface area contributed by atoms with Crippen LogP contribution in [-0.2, 0) is 16.1 Å². The number of carbonyl (C=O) groups is 2.